The Hall–Kier alpha value is -0.240. The average molecular weight is 273 g/mol. The number of hydrogen-bond donors (Lipinski definition) is 1. The molecule has 1 unspecified atom stereocenters. The van der Waals surface area contributed by atoms with Gasteiger partial charge >= 0.3 is 0 Å². The van der Waals surface area contributed by atoms with Gasteiger partial charge in [0.1, 0.15) is 0 Å². The van der Waals surface area contributed by atoms with Crippen molar-refractivity contribution in [2.75, 3.05) is 0 Å². The zero-order valence-electron chi connectivity index (χ0n) is 10.3. The SMILES string of the molecule is CC1(C)CCCCC1(O)c1cccc(Cl)c1Cl. The van der Waals surface area contributed by atoms with Gasteiger partial charge in [-0.1, -0.05) is 62.0 Å². The molecule has 1 fully saturated rings. The van der Waals surface area contributed by atoms with E-state index in [2.05, 4.69) is 13.8 Å². The summed E-state index contributed by atoms with van der Waals surface area (Å²) in [5.74, 6) is 0. The fourth-order valence-corrected chi connectivity index (χ4v) is 3.27. The van der Waals surface area contributed by atoms with E-state index in [1.165, 1.54) is 0 Å². The number of aliphatic hydroxyl groups is 1. The van der Waals surface area contributed by atoms with E-state index in [1.54, 1.807) is 6.07 Å². The summed E-state index contributed by atoms with van der Waals surface area (Å²) in [6, 6.07) is 5.50. The van der Waals surface area contributed by atoms with Crippen molar-refractivity contribution in [1.29, 1.82) is 0 Å². The fourth-order valence-electron chi connectivity index (χ4n) is 2.82. The van der Waals surface area contributed by atoms with Crippen LogP contribution >= 0.6 is 23.2 Å². The summed E-state index contributed by atoms with van der Waals surface area (Å²) in [4.78, 5) is 0. The molecule has 17 heavy (non-hydrogen) atoms. The number of hydrogen-bond acceptors (Lipinski definition) is 1. The predicted octanol–water partition coefficient (Wildman–Crippen LogP) is 4.78. The smallest absolute Gasteiger partial charge is 0.0962 e. The first-order chi connectivity index (χ1) is 7.88. The highest BCUT2D eigenvalue weighted by atomic mass is 35.5. The molecule has 0 aromatic heterocycles. The summed E-state index contributed by atoms with van der Waals surface area (Å²) < 4.78 is 0. The molecule has 2 rings (SSSR count). The Morgan fingerprint density at radius 2 is 1.76 bits per heavy atom. The minimum absolute atomic E-state index is 0.167. The Morgan fingerprint density at radius 1 is 1.12 bits per heavy atom. The Balaban J connectivity index is 2.53. The summed E-state index contributed by atoms with van der Waals surface area (Å²) in [7, 11) is 0. The lowest BCUT2D eigenvalue weighted by atomic mass is 9.62. The summed E-state index contributed by atoms with van der Waals surface area (Å²) in [5.41, 5.74) is -0.261. The lowest BCUT2D eigenvalue weighted by molar-refractivity contribution is -0.103. The molecule has 1 aliphatic carbocycles. The third kappa shape index (κ3) is 2.09. The third-order valence-electron chi connectivity index (χ3n) is 4.11. The van der Waals surface area contributed by atoms with Gasteiger partial charge in [-0.3, -0.25) is 0 Å². The van der Waals surface area contributed by atoms with Crippen molar-refractivity contribution in [2.24, 2.45) is 5.41 Å². The van der Waals surface area contributed by atoms with Gasteiger partial charge in [0.05, 0.1) is 15.6 Å². The molecule has 1 aliphatic rings. The molecule has 0 radical (unpaired) electrons. The minimum Gasteiger partial charge on any atom is -0.385 e. The molecule has 0 amide bonds. The van der Waals surface area contributed by atoms with Crippen LogP contribution in [0.5, 0.6) is 0 Å². The molecule has 3 heteroatoms. The van der Waals surface area contributed by atoms with Gasteiger partial charge in [0.25, 0.3) is 0 Å². The van der Waals surface area contributed by atoms with E-state index in [-0.39, 0.29) is 5.41 Å². The highest BCUT2D eigenvalue weighted by molar-refractivity contribution is 6.42. The second-order valence-corrected chi connectivity index (χ2v) is 6.34. The second kappa shape index (κ2) is 4.46. The van der Waals surface area contributed by atoms with Gasteiger partial charge in [-0.15, -0.1) is 0 Å². The van der Waals surface area contributed by atoms with Crippen molar-refractivity contribution < 1.29 is 5.11 Å². The molecule has 0 heterocycles. The van der Waals surface area contributed by atoms with E-state index < -0.39 is 5.60 Å². The standard InChI is InChI=1S/C14H18Cl2O/c1-13(2)8-3-4-9-14(13,17)10-6-5-7-11(15)12(10)16/h5-7,17H,3-4,8-9H2,1-2H3. The highest BCUT2D eigenvalue weighted by Gasteiger charge is 2.47. The molecule has 94 valence electrons. The maximum atomic E-state index is 11.0. The van der Waals surface area contributed by atoms with Crippen LogP contribution in [0, 0.1) is 5.41 Å². The van der Waals surface area contributed by atoms with E-state index in [9.17, 15) is 5.11 Å². The normalized spacial score (nSPS) is 28.1. The summed E-state index contributed by atoms with van der Waals surface area (Å²) >= 11 is 12.3. The van der Waals surface area contributed by atoms with E-state index >= 15 is 0 Å². The van der Waals surface area contributed by atoms with Gasteiger partial charge in [-0.2, -0.15) is 0 Å². The Morgan fingerprint density at radius 3 is 2.41 bits per heavy atom. The van der Waals surface area contributed by atoms with Crippen LogP contribution < -0.4 is 0 Å². The van der Waals surface area contributed by atoms with Crippen LogP contribution in [-0.4, -0.2) is 5.11 Å². The van der Waals surface area contributed by atoms with Crippen molar-refractivity contribution in [3.63, 3.8) is 0 Å². The van der Waals surface area contributed by atoms with E-state index in [1.807, 2.05) is 12.1 Å². The Labute approximate surface area is 113 Å². The molecule has 0 bridgehead atoms. The average Bonchev–Trinajstić information content (AvgIpc) is 2.26. The van der Waals surface area contributed by atoms with Gasteiger partial charge in [0.2, 0.25) is 0 Å². The van der Waals surface area contributed by atoms with Crippen molar-refractivity contribution in [1.82, 2.24) is 0 Å². The molecule has 0 aliphatic heterocycles. The van der Waals surface area contributed by atoms with E-state index in [4.69, 9.17) is 23.2 Å². The van der Waals surface area contributed by atoms with Crippen LogP contribution in [0.2, 0.25) is 10.0 Å². The lowest BCUT2D eigenvalue weighted by Gasteiger charge is -2.47. The number of rotatable bonds is 1. The second-order valence-electron chi connectivity index (χ2n) is 5.55. The van der Waals surface area contributed by atoms with Crippen LogP contribution in [0.1, 0.15) is 45.1 Å². The molecule has 1 saturated carbocycles. The zero-order valence-corrected chi connectivity index (χ0v) is 11.8. The first-order valence-electron chi connectivity index (χ1n) is 6.05. The first-order valence-corrected chi connectivity index (χ1v) is 6.81. The van der Waals surface area contributed by atoms with Crippen molar-refractivity contribution in [3.05, 3.63) is 33.8 Å². The largest absolute Gasteiger partial charge is 0.385 e. The maximum Gasteiger partial charge on any atom is 0.0962 e. The quantitative estimate of drug-likeness (QED) is 0.780. The summed E-state index contributed by atoms with van der Waals surface area (Å²) in [5, 5.41) is 12.0. The first kappa shape index (κ1) is 13.2. The predicted molar refractivity (Wildman–Crippen MR) is 72.6 cm³/mol. The molecule has 0 spiro atoms. The zero-order chi connectivity index (χ0) is 12.7. The third-order valence-corrected chi connectivity index (χ3v) is 4.93. The highest BCUT2D eigenvalue weighted by Crippen LogP contribution is 2.52. The minimum atomic E-state index is -0.868. The molecule has 1 nitrogen and oxygen atoms in total. The molecule has 1 aromatic carbocycles. The molecular weight excluding hydrogens is 255 g/mol. The van der Waals surface area contributed by atoms with Crippen molar-refractivity contribution in [2.45, 2.75) is 45.1 Å². The van der Waals surface area contributed by atoms with Crippen LogP contribution in [0.25, 0.3) is 0 Å². The lowest BCUT2D eigenvalue weighted by Crippen LogP contribution is -2.44. The van der Waals surface area contributed by atoms with Gasteiger partial charge in [0, 0.05) is 5.56 Å². The molecular formula is C14H18Cl2O. The number of benzene rings is 1. The van der Waals surface area contributed by atoms with Gasteiger partial charge in [-0.05, 0) is 24.3 Å². The fraction of sp³-hybridized carbons (Fsp3) is 0.571. The van der Waals surface area contributed by atoms with Crippen LogP contribution in [-0.2, 0) is 5.60 Å². The van der Waals surface area contributed by atoms with E-state index in [0.717, 1.165) is 31.2 Å². The van der Waals surface area contributed by atoms with Crippen LogP contribution in [0.3, 0.4) is 0 Å². The molecule has 1 atom stereocenters. The molecule has 1 aromatic rings. The van der Waals surface area contributed by atoms with E-state index in [0.29, 0.717) is 10.0 Å². The molecule has 0 saturated heterocycles. The number of halogens is 2. The Kier molecular flexibility index (Phi) is 3.46. The monoisotopic (exact) mass is 272 g/mol. The summed E-state index contributed by atoms with van der Waals surface area (Å²) in [6.45, 7) is 4.20. The van der Waals surface area contributed by atoms with Crippen molar-refractivity contribution >= 4 is 23.2 Å². The summed E-state index contributed by atoms with van der Waals surface area (Å²) in [6.07, 6.45) is 3.95. The van der Waals surface area contributed by atoms with Crippen LogP contribution in [0.4, 0.5) is 0 Å². The molecule has 1 N–H and O–H groups in total. The topological polar surface area (TPSA) is 20.2 Å². The van der Waals surface area contributed by atoms with Gasteiger partial charge in [-0.25, -0.2) is 0 Å². The van der Waals surface area contributed by atoms with Gasteiger partial charge in [0.15, 0.2) is 0 Å². The van der Waals surface area contributed by atoms with Gasteiger partial charge < -0.3 is 5.11 Å². The Bertz CT molecular complexity index is 428. The van der Waals surface area contributed by atoms with Crippen LogP contribution in [0.15, 0.2) is 18.2 Å². The van der Waals surface area contributed by atoms with Crippen molar-refractivity contribution in [3.8, 4) is 0 Å². The maximum absolute atomic E-state index is 11.0.